The monoisotopic (exact) mass is 199 g/mol. The van der Waals surface area contributed by atoms with E-state index in [-0.39, 0.29) is 18.0 Å². The summed E-state index contributed by atoms with van der Waals surface area (Å²) in [4.78, 5) is 24.2. The third-order valence-electron chi connectivity index (χ3n) is 2.01. The molecule has 0 bridgehead atoms. The maximum Gasteiger partial charge on any atom is 0.317 e. The molecule has 0 unspecified atom stereocenters. The number of urea groups is 1. The van der Waals surface area contributed by atoms with Crippen LogP contribution in [0.25, 0.3) is 0 Å². The van der Waals surface area contributed by atoms with Gasteiger partial charge in [-0.3, -0.25) is 4.79 Å². The molecule has 1 aliphatic heterocycles. The van der Waals surface area contributed by atoms with Gasteiger partial charge in [0.1, 0.15) is 0 Å². The fourth-order valence-electron chi connectivity index (χ4n) is 1.31. The molecule has 0 aromatic carbocycles. The highest BCUT2D eigenvalue weighted by Gasteiger charge is 2.18. The van der Waals surface area contributed by atoms with Crippen LogP contribution in [-0.4, -0.2) is 42.5 Å². The second kappa shape index (κ2) is 4.83. The molecule has 0 aromatic heterocycles. The Morgan fingerprint density at radius 1 is 1.50 bits per heavy atom. The van der Waals surface area contributed by atoms with Crippen molar-refractivity contribution in [2.45, 2.75) is 26.3 Å². The van der Waals surface area contributed by atoms with Crippen molar-refractivity contribution in [2.75, 3.05) is 19.6 Å². The van der Waals surface area contributed by atoms with Crippen molar-refractivity contribution in [1.82, 2.24) is 15.5 Å². The van der Waals surface area contributed by atoms with E-state index in [0.29, 0.717) is 26.1 Å². The summed E-state index contributed by atoms with van der Waals surface area (Å²) in [5.74, 6) is 0.0184. The molecule has 14 heavy (non-hydrogen) atoms. The normalized spacial score (nSPS) is 17.6. The Balaban J connectivity index is 2.43. The Labute approximate surface area is 83.8 Å². The lowest BCUT2D eigenvalue weighted by atomic mass is 10.4. The van der Waals surface area contributed by atoms with Crippen LogP contribution in [0.15, 0.2) is 0 Å². The lowest BCUT2D eigenvalue weighted by Crippen LogP contribution is -2.44. The van der Waals surface area contributed by atoms with E-state index in [4.69, 9.17) is 0 Å². The zero-order chi connectivity index (χ0) is 10.6. The van der Waals surface area contributed by atoms with Crippen LogP contribution in [0, 0.1) is 0 Å². The number of rotatable bonds is 1. The maximum absolute atomic E-state index is 11.5. The first-order chi connectivity index (χ1) is 6.59. The Kier molecular flexibility index (Phi) is 3.73. The minimum atomic E-state index is -0.0866. The summed E-state index contributed by atoms with van der Waals surface area (Å²) in [5.41, 5.74) is 0. The van der Waals surface area contributed by atoms with Crippen molar-refractivity contribution < 1.29 is 9.59 Å². The van der Waals surface area contributed by atoms with Crippen molar-refractivity contribution >= 4 is 11.9 Å². The summed E-state index contributed by atoms with van der Waals surface area (Å²) in [6, 6.07) is 0.0471. The first kappa shape index (κ1) is 10.8. The molecular formula is C9H17N3O2. The summed E-state index contributed by atoms with van der Waals surface area (Å²) in [6.45, 7) is 5.47. The van der Waals surface area contributed by atoms with Crippen LogP contribution < -0.4 is 10.6 Å². The average molecular weight is 199 g/mol. The second-order valence-electron chi connectivity index (χ2n) is 3.69. The van der Waals surface area contributed by atoms with E-state index in [1.807, 2.05) is 13.8 Å². The first-order valence-electron chi connectivity index (χ1n) is 4.91. The molecular weight excluding hydrogens is 182 g/mol. The molecule has 5 heteroatoms. The summed E-state index contributed by atoms with van der Waals surface area (Å²) in [5, 5.41) is 5.53. The molecule has 2 N–H and O–H groups in total. The van der Waals surface area contributed by atoms with Crippen molar-refractivity contribution in [3.05, 3.63) is 0 Å². The van der Waals surface area contributed by atoms with Gasteiger partial charge in [0, 0.05) is 32.1 Å². The van der Waals surface area contributed by atoms with Gasteiger partial charge in [0.2, 0.25) is 5.91 Å². The third-order valence-corrected chi connectivity index (χ3v) is 2.01. The molecule has 0 radical (unpaired) electrons. The number of nitrogens with one attached hydrogen (secondary N) is 2. The van der Waals surface area contributed by atoms with Gasteiger partial charge in [-0.1, -0.05) is 0 Å². The standard InChI is InChI=1S/C9H17N3O2/c1-7(2)11-9(14)12-5-3-8(13)10-4-6-12/h7H,3-6H2,1-2H3,(H,10,13)(H,11,14). The molecule has 0 aliphatic carbocycles. The highest BCUT2D eigenvalue weighted by molar-refractivity contribution is 5.79. The first-order valence-corrected chi connectivity index (χ1v) is 4.91. The van der Waals surface area contributed by atoms with Crippen molar-refractivity contribution in [3.8, 4) is 0 Å². The number of amides is 3. The number of carbonyl (C=O) groups is 2. The zero-order valence-electron chi connectivity index (χ0n) is 8.67. The van der Waals surface area contributed by atoms with E-state index < -0.39 is 0 Å². The number of hydrogen-bond donors (Lipinski definition) is 2. The molecule has 0 spiro atoms. The molecule has 1 fully saturated rings. The van der Waals surface area contributed by atoms with Gasteiger partial charge in [0.25, 0.3) is 0 Å². The maximum atomic E-state index is 11.5. The fourth-order valence-corrected chi connectivity index (χ4v) is 1.31. The lowest BCUT2D eigenvalue weighted by Gasteiger charge is -2.21. The van der Waals surface area contributed by atoms with E-state index in [1.165, 1.54) is 0 Å². The van der Waals surface area contributed by atoms with Gasteiger partial charge in [-0.15, -0.1) is 0 Å². The SMILES string of the molecule is CC(C)NC(=O)N1CCNC(=O)CC1. The van der Waals surface area contributed by atoms with E-state index in [1.54, 1.807) is 4.90 Å². The van der Waals surface area contributed by atoms with Gasteiger partial charge < -0.3 is 15.5 Å². The molecule has 0 saturated carbocycles. The molecule has 0 aromatic rings. The summed E-state index contributed by atoms with van der Waals surface area (Å²) in [6.07, 6.45) is 0.394. The van der Waals surface area contributed by atoms with Crippen LogP contribution in [0.3, 0.4) is 0 Å². The molecule has 5 nitrogen and oxygen atoms in total. The molecule has 80 valence electrons. The Bertz CT molecular complexity index is 228. The molecule has 3 amide bonds. The molecule has 1 heterocycles. The summed E-state index contributed by atoms with van der Waals surface area (Å²) < 4.78 is 0. The predicted molar refractivity (Wildman–Crippen MR) is 52.9 cm³/mol. The largest absolute Gasteiger partial charge is 0.354 e. The van der Waals surface area contributed by atoms with Gasteiger partial charge >= 0.3 is 6.03 Å². The molecule has 1 aliphatic rings. The minimum absolute atomic E-state index is 0.0184. The fraction of sp³-hybridized carbons (Fsp3) is 0.778. The number of carbonyl (C=O) groups excluding carboxylic acids is 2. The highest BCUT2D eigenvalue weighted by atomic mass is 16.2. The van der Waals surface area contributed by atoms with Crippen molar-refractivity contribution in [1.29, 1.82) is 0 Å². The Morgan fingerprint density at radius 2 is 2.21 bits per heavy atom. The van der Waals surface area contributed by atoms with Crippen LogP contribution in [0.1, 0.15) is 20.3 Å². The van der Waals surface area contributed by atoms with Crippen molar-refractivity contribution in [3.63, 3.8) is 0 Å². The molecule has 1 rings (SSSR count). The van der Waals surface area contributed by atoms with Gasteiger partial charge in [-0.05, 0) is 13.8 Å². The second-order valence-corrected chi connectivity index (χ2v) is 3.69. The van der Waals surface area contributed by atoms with Gasteiger partial charge in [-0.2, -0.15) is 0 Å². The lowest BCUT2D eigenvalue weighted by molar-refractivity contribution is -0.120. The van der Waals surface area contributed by atoms with E-state index >= 15 is 0 Å². The zero-order valence-corrected chi connectivity index (χ0v) is 8.67. The Morgan fingerprint density at radius 3 is 2.86 bits per heavy atom. The minimum Gasteiger partial charge on any atom is -0.354 e. The van der Waals surface area contributed by atoms with Crippen LogP contribution in [0.2, 0.25) is 0 Å². The predicted octanol–water partition coefficient (Wildman–Crippen LogP) is -0.0737. The van der Waals surface area contributed by atoms with E-state index in [0.717, 1.165) is 0 Å². The molecule has 0 atom stereocenters. The van der Waals surface area contributed by atoms with Crippen LogP contribution in [-0.2, 0) is 4.79 Å². The van der Waals surface area contributed by atoms with Crippen LogP contribution in [0.4, 0.5) is 4.79 Å². The Hall–Kier alpha value is -1.26. The van der Waals surface area contributed by atoms with Gasteiger partial charge in [0.15, 0.2) is 0 Å². The third kappa shape index (κ3) is 3.24. The van der Waals surface area contributed by atoms with E-state index in [2.05, 4.69) is 10.6 Å². The smallest absolute Gasteiger partial charge is 0.317 e. The van der Waals surface area contributed by atoms with Crippen LogP contribution >= 0.6 is 0 Å². The summed E-state index contributed by atoms with van der Waals surface area (Å²) >= 11 is 0. The highest BCUT2D eigenvalue weighted by Crippen LogP contribution is 1.97. The quantitative estimate of drug-likeness (QED) is 0.621. The van der Waals surface area contributed by atoms with E-state index in [9.17, 15) is 9.59 Å². The van der Waals surface area contributed by atoms with Gasteiger partial charge in [0.05, 0.1) is 0 Å². The van der Waals surface area contributed by atoms with Gasteiger partial charge in [-0.25, -0.2) is 4.79 Å². The topological polar surface area (TPSA) is 61.4 Å². The average Bonchev–Trinajstić information content (AvgIpc) is 2.28. The van der Waals surface area contributed by atoms with Crippen LogP contribution in [0.5, 0.6) is 0 Å². The number of hydrogen-bond acceptors (Lipinski definition) is 2. The molecule has 1 saturated heterocycles. The van der Waals surface area contributed by atoms with Crippen molar-refractivity contribution in [2.24, 2.45) is 0 Å². The summed E-state index contributed by atoms with van der Waals surface area (Å²) in [7, 11) is 0. The number of nitrogens with zero attached hydrogens (tertiary/aromatic N) is 1.